The minimum atomic E-state index is -0.881. The Balaban J connectivity index is 2.02. The van der Waals surface area contributed by atoms with Crippen LogP contribution >= 0.6 is 0 Å². The molecule has 0 unspecified atom stereocenters. The zero-order valence-corrected chi connectivity index (χ0v) is 8.48. The summed E-state index contributed by atoms with van der Waals surface area (Å²) in [4.78, 5) is 12.6. The van der Waals surface area contributed by atoms with Crippen LogP contribution in [0.2, 0.25) is 0 Å². The van der Waals surface area contributed by atoms with Gasteiger partial charge < -0.3 is 14.5 Å². The van der Waals surface area contributed by atoms with E-state index in [0.29, 0.717) is 11.6 Å². The highest BCUT2D eigenvalue weighted by Gasteiger charge is 2.16. The van der Waals surface area contributed by atoms with Gasteiger partial charge in [-0.2, -0.15) is 0 Å². The number of carboxylic acids is 1. The lowest BCUT2D eigenvalue weighted by Crippen LogP contribution is -2.28. The third kappa shape index (κ3) is 2.49. The number of nitrogens with zero attached hydrogens (tertiary/aromatic N) is 2. The number of anilines is 1. The van der Waals surface area contributed by atoms with E-state index in [1.807, 2.05) is 0 Å². The van der Waals surface area contributed by atoms with Crippen molar-refractivity contribution in [2.24, 2.45) is 0 Å². The Morgan fingerprint density at radius 1 is 1.47 bits per heavy atom. The van der Waals surface area contributed by atoms with Crippen LogP contribution in [0.15, 0.2) is 10.6 Å². The molecule has 1 aromatic rings. The molecule has 0 bridgehead atoms. The number of carboxylic acid groups (broad SMARTS) is 1. The molecule has 5 nitrogen and oxygen atoms in total. The first-order chi connectivity index (χ1) is 7.25. The summed E-state index contributed by atoms with van der Waals surface area (Å²) in [5.74, 6) is -0.181. The summed E-state index contributed by atoms with van der Waals surface area (Å²) >= 11 is 0. The van der Waals surface area contributed by atoms with Crippen molar-refractivity contribution in [3.8, 4) is 0 Å². The van der Waals surface area contributed by atoms with E-state index >= 15 is 0 Å². The number of hydrogen-bond acceptors (Lipinski definition) is 4. The van der Waals surface area contributed by atoms with Gasteiger partial charge in [0.05, 0.1) is 12.1 Å². The zero-order valence-electron chi connectivity index (χ0n) is 8.48. The van der Waals surface area contributed by atoms with Crippen molar-refractivity contribution < 1.29 is 14.4 Å². The lowest BCUT2D eigenvalue weighted by Gasteiger charge is -2.25. The Hall–Kier alpha value is -1.52. The summed E-state index contributed by atoms with van der Waals surface area (Å²) in [6.45, 7) is 1.95. The van der Waals surface area contributed by atoms with Gasteiger partial charge in [0.2, 0.25) is 5.88 Å². The molecule has 1 aromatic heterocycles. The van der Waals surface area contributed by atoms with E-state index in [-0.39, 0.29) is 6.42 Å². The van der Waals surface area contributed by atoms with Gasteiger partial charge in [-0.1, -0.05) is 5.16 Å². The van der Waals surface area contributed by atoms with Crippen molar-refractivity contribution in [1.82, 2.24) is 5.16 Å². The minimum absolute atomic E-state index is 0.0721. The van der Waals surface area contributed by atoms with E-state index in [1.54, 1.807) is 6.07 Å². The molecule has 0 atom stereocenters. The topological polar surface area (TPSA) is 66.6 Å². The number of hydrogen-bond donors (Lipinski definition) is 1. The number of carbonyl (C=O) groups is 1. The maximum atomic E-state index is 10.5. The number of piperidine rings is 1. The predicted octanol–water partition coefficient (Wildman–Crippen LogP) is 1.29. The van der Waals surface area contributed by atoms with Gasteiger partial charge in [-0.3, -0.25) is 4.79 Å². The van der Waals surface area contributed by atoms with Gasteiger partial charge in [-0.05, 0) is 19.3 Å². The van der Waals surface area contributed by atoms with Crippen LogP contribution in [-0.2, 0) is 11.2 Å². The molecule has 2 heterocycles. The smallest absolute Gasteiger partial charge is 0.309 e. The molecule has 0 aliphatic carbocycles. The van der Waals surface area contributed by atoms with Crippen molar-refractivity contribution in [3.63, 3.8) is 0 Å². The molecule has 0 aromatic carbocycles. The van der Waals surface area contributed by atoms with Gasteiger partial charge >= 0.3 is 5.97 Å². The van der Waals surface area contributed by atoms with Gasteiger partial charge in [0.1, 0.15) is 0 Å². The third-order valence-electron chi connectivity index (χ3n) is 2.55. The second kappa shape index (κ2) is 4.33. The molecule has 1 aliphatic rings. The highest BCUT2D eigenvalue weighted by Crippen LogP contribution is 2.20. The molecular formula is C10H14N2O3. The second-order valence-electron chi connectivity index (χ2n) is 3.77. The SMILES string of the molecule is O=C(O)Cc1cc(N2CCCCC2)on1. The molecule has 1 aliphatic heterocycles. The van der Waals surface area contributed by atoms with E-state index in [2.05, 4.69) is 10.1 Å². The van der Waals surface area contributed by atoms with Crippen molar-refractivity contribution in [1.29, 1.82) is 0 Å². The van der Waals surface area contributed by atoms with Crippen molar-refractivity contribution >= 4 is 11.9 Å². The highest BCUT2D eigenvalue weighted by atomic mass is 16.5. The molecule has 0 spiro atoms. The van der Waals surface area contributed by atoms with E-state index < -0.39 is 5.97 Å². The molecule has 0 saturated carbocycles. The summed E-state index contributed by atoms with van der Waals surface area (Å²) < 4.78 is 5.12. The molecule has 0 amide bonds. The van der Waals surface area contributed by atoms with Gasteiger partial charge in [0, 0.05) is 19.2 Å². The van der Waals surface area contributed by atoms with Gasteiger partial charge in [0.25, 0.3) is 0 Å². The summed E-state index contributed by atoms with van der Waals surface area (Å²) in [5, 5.41) is 12.3. The Kier molecular flexibility index (Phi) is 2.89. The van der Waals surface area contributed by atoms with Crippen molar-refractivity contribution in [2.45, 2.75) is 25.7 Å². The van der Waals surface area contributed by atoms with E-state index in [0.717, 1.165) is 25.9 Å². The van der Waals surface area contributed by atoms with Gasteiger partial charge in [0.15, 0.2) is 0 Å². The van der Waals surface area contributed by atoms with E-state index in [1.165, 1.54) is 6.42 Å². The number of aliphatic carboxylic acids is 1. The standard InChI is InChI=1S/C10H14N2O3/c13-10(14)7-8-6-9(15-11-8)12-4-2-1-3-5-12/h6H,1-5,7H2,(H,13,14). The summed E-state index contributed by atoms with van der Waals surface area (Å²) in [7, 11) is 0. The van der Waals surface area contributed by atoms with Crippen LogP contribution in [0, 0.1) is 0 Å². The van der Waals surface area contributed by atoms with Crippen LogP contribution in [0.3, 0.4) is 0 Å². The first-order valence-corrected chi connectivity index (χ1v) is 5.18. The molecule has 2 rings (SSSR count). The molecule has 1 saturated heterocycles. The normalized spacial score (nSPS) is 16.7. The van der Waals surface area contributed by atoms with Crippen LogP contribution in [0.25, 0.3) is 0 Å². The Morgan fingerprint density at radius 2 is 2.20 bits per heavy atom. The van der Waals surface area contributed by atoms with Crippen LogP contribution in [0.1, 0.15) is 25.0 Å². The highest BCUT2D eigenvalue weighted by molar-refractivity contribution is 5.69. The molecule has 5 heteroatoms. The molecular weight excluding hydrogens is 196 g/mol. The lowest BCUT2D eigenvalue weighted by atomic mass is 10.1. The van der Waals surface area contributed by atoms with Gasteiger partial charge in [-0.25, -0.2) is 0 Å². The fourth-order valence-electron chi connectivity index (χ4n) is 1.80. The molecule has 0 radical (unpaired) electrons. The van der Waals surface area contributed by atoms with Crippen LogP contribution in [0.4, 0.5) is 5.88 Å². The van der Waals surface area contributed by atoms with Gasteiger partial charge in [-0.15, -0.1) is 0 Å². The molecule has 1 N–H and O–H groups in total. The number of aromatic nitrogens is 1. The van der Waals surface area contributed by atoms with Crippen molar-refractivity contribution in [3.05, 3.63) is 11.8 Å². The third-order valence-corrected chi connectivity index (χ3v) is 2.55. The maximum Gasteiger partial charge on any atom is 0.309 e. The summed E-state index contributed by atoms with van der Waals surface area (Å²) in [6.07, 6.45) is 3.51. The summed E-state index contributed by atoms with van der Waals surface area (Å²) in [6, 6.07) is 1.72. The average Bonchev–Trinajstić information content (AvgIpc) is 2.67. The molecule has 15 heavy (non-hydrogen) atoms. The quantitative estimate of drug-likeness (QED) is 0.814. The summed E-state index contributed by atoms with van der Waals surface area (Å²) in [5.41, 5.74) is 0.489. The van der Waals surface area contributed by atoms with Crippen molar-refractivity contribution in [2.75, 3.05) is 18.0 Å². The lowest BCUT2D eigenvalue weighted by molar-refractivity contribution is -0.136. The Bertz CT molecular complexity index is 342. The fourth-order valence-corrected chi connectivity index (χ4v) is 1.80. The second-order valence-corrected chi connectivity index (χ2v) is 3.77. The number of rotatable bonds is 3. The van der Waals surface area contributed by atoms with E-state index in [4.69, 9.17) is 9.63 Å². The molecule has 82 valence electrons. The first kappa shape index (κ1) is 10.0. The Labute approximate surface area is 87.7 Å². The average molecular weight is 210 g/mol. The van der Waals surface area contributed by atoms with Crippen LogP contribution < -0.4 is 4.90 Å². The monoisotopic (exact) mass is 210 g/mol. The van der Waals surface area contributed by atoms with Crippen LogP contribution in [-0.4, -0.2) is 29.3 Å². The zero-order chi connectivity index (χ0) is 10.7. The van der Waals surface area contributed by atoms with Crippen LogP contribution in [0.5, 0.6) is 0 Å². The minimum Gasteiger partial charge on any atom is -0.481 e. The Morgan fingerprint density at radius 3 is 2.87 bits per heavy atom. The largest absolute Gasteiger partial charge is 0.481 e. The fraction of sp³-hybridized carbons (Fsp3) is 0.600. The predicted molar refractivity (Wildman–Crippen MR) is 53.9 cm³/mol. The molecule has 1 fully saturated rings. The maximum absolute atomic E-state index is 10.5. The van der Waals surface area contributed by atoms with E-state index in [9.17, 15) is 4.79 Å². The first-order valence-electron chi connectivity index (χ1n) is 5.18.